The number of carbonyl (C=O) groups is 1. The minimum Gasteiger partial charge on any atom is -0.303 e. The van der Waals surface area contributed by atoms with Crippen molar-refractivity contribution in [1.82, 2.24) is 4.90 Å². The predicted molar refractivity (Wildman–Crippen MR) is 87.5 cm³/mol. The lowest BCUT2D eigenvalue weighted by atomic mass is 9.88. The van der Waals surface area contributed by atoms with Gasteiger partial charge >= 0.3 is 0 Å². The monoisotopic (exact) mass is 357 g/mol. The van der Waals surface area contributed by atoms with Crippen molar-refractivity contribution in [3.05, 3.63) is 33.3 Å². The van der Waals surface area contributed by atoms with Gasteiger partial charge in [-0.2, -0.15) is 0 Å². The van der Waals surface area contributed by atoms with E-state index in [0.29, 0.717) is 17.0 Å². The molecule has 1 aliphatic heterocycles. The Labute approximate surface area is 134 Å². The summed E-state index contributed by atoms with van der Waals surface area (Å²) < 4.78 is 0.901. The molecule has 20 heavy (non-hydrogen) atoms. The Morgan fingerprint density at radius 2 is 2.15 bits per heavy atom. The number of piperidine rings is 1. The first-order valence-corrected chi connectivity index (χ1v) is 8.35. The minimum atomic E-state index is 0.133. The molecule has 2 unspecified atom stereocenters. The van der Waals surface area contributed by atoms with Crippen LogP contribution in [0.5, 0.6) is 0 Å². The molecule has 0 radical (unpaired) electrons. The molecule has 2 rings (SSSR count). The van der Waals surface area contributed by atoms with Crippen LogP contribution in [0.15, 0.2) is 22.7 Å². The van der Waals surface area contributed by atoms with Gasteiger partial charge in [-0.25, -0.2) is 0 Å². The second-order valence-electron chi connectivity index (χ2n) is 5.84. The zero-order valence-electron chi connectivity index (χ0n) is 12.0. The number of hydrogen-bond acceptors (Lipinski definition) is 2. The number of halogens is 2. The topological polar surface area (TPSA) is 20.3 Å². The lowest BCUT2D eigenvalue weighted by Gasteiger charge is -2.35. The van der Waals surface area contributed by atoms with Crippen LogP contribution in [0.1, 0.15) is 37.0 Å². The quantitative estimate of drug-likeness (QED) is 0.730. The fourth-order valence-electron chi connectivity index (χ4n) is 2.66. The average Bonchev–Trinajstić information content (AvgIpc) is 2.40. The molecule has 1 heterocycles. The van der Waals surface area contributed by atoms with E-state index in [1.807, 2.05) is 6.07 Å². The zero-order chi connectivity index (χ0) is 14.7. The van der Waals surface area contributed by atoms with Gasteiger partial charge in [0.25, 0.3) is 0 Å². The Morgan fingerprint density at radius 1 is 1.40 bits per heavy atom. The molecule has 0 amide bonds. The van der Waals surface area contributed by atoms with Crippen molar-refractivity contribution in [3.63, 3.8) is 0 Å². The van der Waals surface area contributed by atoms with E-state index >= 15 is 0 Å². The van der Waals surface area contributed by atoms with Crippen LogP contribution in [0.4, 0.5) is 0 Å². The third kappa shape index (κ3) is 4.06. The van der Waals surface area contributed by atoms with Crippen molar-refractivity contribution in [2.24, 2.45) is 11.8 Å². The molecular weight excluding hydrogens is 338 g/mol. The fourth-order valence-corrected chi connectivity index (χ4v) is 3.44. The van der Waals surface area contributed by atoms with Gasteiger partial charge in [-0.3, -0.25) is 4.79 Å². The highest BCUT2D eigenvalue weighted by Gasteiger charge is 2.23. The van der Waals surface area contributed by atoms with E-state index in [0.717, 1.165) is 35.9 Å². The first-order valence-electron chi connectivity index (χ1n) is 7.18. The number of Topliss-reactive ketones (excluding diaryl/α,β-unsaturated/α-hetero) is 1. The van der Waals surface area contributed by atoms with Crippen molar-refractivity contribution in [1.29, 1.82) is 0 Å². The van der Waals surface area contributed by atoms with Crippen LogP contribution in [0.2, 0.25) is 5.02 Å². The number of hydrogen-bond donors (Lipinski definition) is 0. The van der Waals surface area contributed by atoms with E-state index in [2.05, 4.69) is 34.7 Å². The molecule has 2 atom stereocenters. The molecule has 110 valence electrons. The van der Waals surface area contributed by atoms with Gasteiger partial charge in [-0.05, 0) is 43.0 Å². The second-order valence-corrected chi connectivity index (χ2v) is 7.16. The molecule has 4 heteroatoms. The lowest BCUT2D eigenvalue weighted by molar-refractivity contribution is 0.0927. The smallest absolute Gasteiger partial charge is 0.165 e. The van der Waals surface area contributed by atoms with Gasteiger partial charge in [0.05, 0.1) is 5.02 Å². The Morgan fingerprint density at radius 3 is 2.80 bits per heavy atom. The normalized spacial score (nSPS) is 23.8. The van der Waals surface area contributed by atoms with E-state index in [-0.39, 0.29) is 5.78 Å². The van der Waals surface area contributed by atoms with Gasteiger partial charge in [0.15, 0.2) is 5.78 Å². The van der Waals surface area contributed by atoms with Crippen LogP contribution >= 0.6 is 27.5 Å². The number of carbonyl (C=O) groups excluding carboxylic acids is 1. The van der Waals surface area contributed by atoms with E-state index < -0.39 is 0 Å². The summed E-state index contributed by atoms with van der Waals surface area (Å²) in [4.78, 5) is 14.6. The maximum atomic E-state index is 12.2. The molecule has 1 aromatic carbocycles. The number of rotatable bonds is 4. The van der Waals surface area contributed by atoms with Crippen LogP contribution in [0.3, 0.4) is 0 Å². The number of likely N-dealkylation sites (tertiary alicyclic amines) is 1. The van der Waals surface area contributed by atoms with Crippen molar-refractivity contribution in [2.75, 3.05) is 19.6 Å². The molecule has 0 spiro atoms. The summed E-state index contributed by atoms with van der Waals surface area (Å²) in [5, 5.41) is 0.532. The number of ketones is 1. The SMILES string of the molecule is CC1CCN(CCC(=O)c2ccc(Br)cc2Cl)CC1C. The predicted octanol–water partition coefficient (Wildman–Crippen LogP) is 4.65. The standard InChI is InChI=1S/C16H21BrClNO/c1-11-5-7-19(10-12(11)2)8-6-16(20)14-4-3-13(17)9-15(14)18/h3-4,9,11-12H,5-8,10H2,1-2H3. The van der Waals surface area contributed by atoms with Gasteiger partial charge in [0.2, 0.25) is 0 Å². The molecule has 0 N–H and O–H groups in total. The van der Waals surface area contributed by atoms with Crippen molar-refractivity contribution < 1.29 is 4.79 Å². The fraction of sp³-hybridized carbons (Fsp3) is 0.562. The molecule has 2 nitrogen and oxygen atoms in total. The van der Waals surface area contributed by atoms with Gasteiger partial charge in [0, 0.05) is 29.5 Å². The molecule has 1 aromatic rings. The van der Waals surface area contributed by atoms with Gasteiger partial charge in [0.1, 0.15) is 0 Å². The second kappa shape index (κ2) is 7.06. The molecule has 0 aliphatic carbocycles. The maximum Gasteiger partial charge on any atom is 0.165 e. The molecule has 0 bridgehead atoms. The highest BCUT2D eigenvalue weighted by Crippen LogP contribution is 2.24. The third-order valence-electron chi connectivity index (χ3n) is 4.30. The highest BCUT2D eigenvalue weighted by molar-refractivity contribution is 9.10. The summed E-state index contributed by atoms with van der Waals surface area (Å²) in [5.41, 5.74) is 0.633. The maximum absolute atomic E-state index is 12.2. The Balaban J connectivity index is 1.89. The average molecular weight is 359 g/mol. The van der Waals surface area contributed by atoms with Crippen LogP contribution < -0.4 is 0 Å². The molecule has 1 aliphatic rings. The van der Waals surface area contributed by atoms with Crippen molar-refractivity contribution >= 4 is 33.3 Å². The zero-order valence-corrected chi connectivity index (χ0v) is 14.4. The summed E-state index contributed by atoms with van der Waals surface area (Å²) in [6.07, 6.45) is 1.77. The summed E-state index contributed by atoms with van der Waals surface area (Å²) in [5.74, 6) is 1.65. The number of nitrogens with zero attached hydrogens (tertiary/aromatic N) is 1. The van der Waals surface area contributed by atoms with Crippen LogP contribution in [0, 0.1) is 11.8 Å². The van der Waals surface area contributed by atoms with Crippen LogP contribution in [-0.2, 0) is 0 Å². The van der Waals surface area contributed by atoms with E-state index in [1.165, 1.54) is 6.42 Å². The largest absolute Gasteiger partial charge is 0.303 e. The summed E-state index contributed by atoms with van der Waals surface area (Å²) in [6, 6.07) is 5.44. The molecule has 1 fully saturated rings. The number of benzene rings is 1. The Bertz CT molecular complexity index is 491. The Hall–Kier alpha value is -0.380. The molecule has 0 aromatic heterocycles. The van der Waals surface area contributed by atoms with Crippen molar-refractivity contribution in [2.45, 2.75) is 26.7 Å². The Kier molecular flexibility index (Phi) is 5.65. The molecule has 1 saturated heterocycles. The van der Waals surface area contributed by atoms with E-state index in [1.54, 1.807) is 12.1 Å². The minimum absolute atomic E-state index is 0.133. The van der Waals surface area contributed by atoms with Gasteiger partial charge in [-0.1, -0.05) is 41.4 Å². The molecule has 0 saturated carbocycles. The summed E-state index contributed by atoms with van der Waals surface area (Å²) in [7, 11) is 0. The summed E-state index contributed by atoms with van der Waals surface area (Å²) in [6.45, 7) is 7.65. The van der Waals surface area contributed by atoms with E-state index in [9.17, 15) is 4.79 Å². The lowest BCUT2D eigenvalue weighted by Crippen LogP contribution is -2.39. The van der Waals surface area contributed by atoms with Crippen LogP contribution in [0.25, 0.3) is 0 Å². The first kappa shape index (κ1) is 16.0. The van der Waals surface area contributed by atoms with Gasteiger partial charge < -0.3 is 4.90 Å². The first-order chi connectivity index (χ1) is 9.47. The van der Waals surface area contributed by atoms with Gasteiger partial charge in [-0.15, -0.1) is 0 Å². The van der Waals surface area contributed by atoms with E-state index in [4.69, 9.17) is 11.6 Å². The molecular formula is C16H21BrClNO. The van der Waals surface area contributed by atoms with Crippen LogP contribution in [-0.4, -0.2) is 30.3 Å². The highest BCUT2D eigenvalue weighted by atomic mass is 79.9. The summed E-state index contributed by atoms with van der Waals surface area (Å²) >= 11 is 9.48. The van der Waals surface area contributed by atoms with Crippen molar-refractivity contribution in [3.8, 4) is 0 Å². The third-order valence-corrected chi connectivity index (χ3v) is 5.11.